The largest absolute Gasteiger partial charge is 0.377 e. The quantitative estimate of drug-likeness (QED) is 0.781. The third-order valence-electron chi connectivity index (χ3n) is 4.49. The van der Waals surface area contributed by atoms with Crippen LogP contribution in [-0.4, -0.2) is 36.6 Å². The average molecular weight is 356 g/mol. The molecule has 1 heterocycles. The van der Waals surface area contributed by atoms with Crippen molar-refractivity contribution in [2.24, 2.45) is 0 Å². The standard InChI is InChI=1S/C21H25FN2O2/c22-18-7-4-6-17(14-18)15-24(16-20-10-5-13-26-20)12-11-21(25)23-19-8-2-1-3-9-19/h1-4,6-9,14,20H,5,10-13,15-16H2,(H,23,25). The fourth-order valence-corrected chi connectivity index (χ4v) is 3.21. The minimum atomic E-state index is -0.235. The van der Waals surface area contributed by atoms with Crippen LogP contribution in [0.1, 0.15) is 24.8 Å². The molecule has 2 aromatic carbocycles. The van der Waals surface area contributed by atoms with Crippen LogP contribution in [-0.2, 0) is 16.1 Å². The molecule has 1 N–H and O–H groups in total. The topological polar surface area (TPSA) is 41.6 Å². The van der Waals surface area contributed by atoms with E-state index in [0.29, 0.717) is 19.5 Å². The summed E-state index contributed by atoms with van der Waals surface area (Å²) in [7, 11) is 0. The second-order valence-electron chi connectivity index (χ2n) is 6.66. The van der Waals surface area contributed by atoms with Gasteiger partial charge in [0.25, 0.3) is 0 Å². The Labute approximate surface area is 154 Å². The molecule has 2 aromatic rings. The summed E-state index contributed by atoms with van der Waals surface area (Å²) >= 11 is 0. The van der Waals surface area contributed by atoms with Gasteiger partial charge in [-0.25, -0.2) is 4.39 Å². The van der Waals surface area contributed by atoms with Crippen LogP contribution in [0, 0.1) is 5.82 Å². The molecule has 3 rings (SSSR count). The van der Waals surface area contributed by atoms with Gasteiger partial charge in [-0.15, -0.1) is 0 Å². The van der Waals surface area contributed by atoms with Gasteiger partial charge in [-0.05, 0) is 42.7 Å². The van der Waals surface area contributed by atoms with Crippen molar-refractivity contribution in [1.82, 2.24) is 4.90 Å². The van der Waals surface area contributed by atoms with E-state index in [2.05, 4.69) is 10.2 Å². The molecule has 1 saturated heterocycles. The van der Waals surface area contributed by atoms with Crippen molar-refractivity contribution in [3.8, 4) is 0 Å². The molecule has 138 valence electrons. The molecule has 1 amide bonds. The highest BCUT2D eigenvalue weighted by Gasteiger charge is 2.20. The molecule has 4 nitrogen and oxygen atoms in total. The lowest BCUT2D eigenvalue weighted by Gasteiger charge is -2.25. The van der Waals surface area contributed by atoms with Crippen LogP contribution in [0.3, 0.4) is 0 Å². The molecule has 1 aliphatic rings. The smallest absolute Gasteiger partial charge is 0.225 e. The SMILES string of the molecule is O=C(CCN(Cc1cccc(F)c1)CC1CCCO1)Nc1ccccc1. The summed E-state index contributed by atoms with van der Waals surface area (Å²) in [5.41, 5.74) is 1.71. The van der Waals surface area contributed by atoms with E-state index in [1.165, 1.54) is 6.07 Å². The van der Waals surface area contributed by atoms with Crippen LogP contribution < -0.4 is 5.32 Å². The summed E-state index contributed by atoms with van der Waals surface area (Å²) < 4.78 is 19.2. The second kappa shape index (κ2) is 9.46. The Hall–Kier alpha value is -2.24. The Morgan fingerprint density at radius 1 is 1.19 bits per heavy atom. The lowest BCUT2D eigenvalue weighted by atomic mass is 10.1. The minimum Gasteiger partial charge on any atom is -0.377 e. The van der Waals surface area contributed by atoms with E-state index in [4.69, 9.17) is 4.74 Å². The summed E-state index contributed by atoms with van der Waals surface area (Å²) in [5.74, 6) is -0.255. The summed E-state index contributed by atoms with van der Waals surface area (Å²) in [6.07, 6.45) is 2.69. The molecule has 0 saturated carbocycles. The zero-order valence-corrected chi connectivity index (χ0v) is 14.9. The van der Waals surface area contributed by atoms with Gasteiger partial charge in [0.15, 0.2) is 0 Å². The molecule has 0 aromatic heterocycles. The third kappa shape index (κ3) is 5.93. The molecule has 0 radical (unpaired) electrons. The Kier molecular flexibility index (Phi) is 6.75. The van der Waals surface area contributed by atoms with E-state index in [1.807, 2.05) is 36.4 Å². The first-order chi connectivity index (χ1) is 12.7. The molecule has 1 unspecified atom stereocenters. The van der Waals surface area contributed by atoms with Crippen LogP contribution in [0.25, 0.3) is 0 Å². The van der Waals surface area contributed by atoms with Crippen molar-refractivity contribution in [2.75, 3.05) is 25.0 Å². The number of nitrogens with zero attached hydrogens (tertiary/aromatic N) is 1. The van der Waals surface area contributed by atoms with Crippen LogP contribution >= 0.6 is 0 Å². The van der Waals surface area contributed by atoms with E-state index in [0.717, 1.165) is 37.2 Å². The summed E-state index contributed by atoms with van der Waals surface area (Å²) in [4.78, 5) is 14.4. The number of rotatable bonds is 8. The highest BCUT2D eigenvalue weighted by molar-refractivity contribution is 5.90. The highest BCUT2D eigenvalue weighted by atomic mass is 19.1. The molecule has 0 bridgehead atoms. The number of ether oxygens (including phenoxy) is 1. The number of halogens is 1. The molecular weight excluding hydrogens is 331 g/mol. The van der Waals surface area contributed by atoms with Crippen LogP contribution in [0.2, 0.25) is 0 Å². The van der Waals surface area contributed by atoms with Gasteiger partial charge in [-0.2, -0.15) is 0 Å². The molecule has 5 heteroatoms. The second-order valence-corrected chi connectivity index (χ2v) is 6.66. The summed E-state index contributed by atoms with van der Waals surface area (Å²) in [5, 5.41) is 2.91. The molecule has 0 spiro atoms. The number of nitrogens with one attached hydrogen (secondary N) is 1. The first-order valence-corrected chi connectivity index (χ1v) is 9.12. The molecule has 1 aliphatic heterocycles. The van der Waals surface area contributed by atoms with Crippen molar-refractivity contribution >= 4 is 11.6 Å². The van der Waals surface area contributed by atoms with Crippen molar-refractivity contribution in [3.05, 3.63) is 66.0 Å². The van der Waals surface area contributed by atoms with Crippen molar-refractivity contribution in [2.45, 2.75) is 31.9 Å². The Morgan fingerprint density at radius 2 is 2.04 bits per heavy atom. The average Bonchev–Trinajstić information content (AvgIpc) is 3.14. The minimum absolute atomic E-state index is 0.0206. The van der Waals surface area contributed by atoms with E-state index in [1.54, 1.807) is 12.1 Å². The Morgan fingerprint density at radius 3 is 2.77 bits per heavy atom. The maximum Gasteiger partial charge on any atom is 0.225 e. The molecule has 1 atom stereocenters. The van der Waals surface area contributed by atoms with Crippen LogP contribution in [0.4, 0.5) is 10.1 Å². The maximum absolute atomic E-state index is 13.5. The maximum atomic E-state index is 13.5. The zero-order chi connectivity index (χ0) is 18.2. The highest BCUT2D eigenvalue weighted by Crippen LogP contribution is 2.16. The molecular formula is C21H25FN2O2. The number of carbonyl (C=O) groups is 1. The van der Waals surface area contributed by atoms with Crippen molar-refractivity contribution in [1.29, 1.82) is 0 Å². The molecule has 1 fully saturated rings. The van der Waals surface area contributed by atoms with E-state index in [-0.39, 0.29) is 17.8 Å². The lowest BCUT2D eigenvalue weighted by molar-refractivity contribution is -0.116. The van der Waals surface area contributed by atoms with Gasteiger partial charge >= 0.3 is 0 Å². The monoisotopic (exact) mass is 356 g/mol. The number of amides is 1. The van der Waals surface area contributed by atoms with Gasteiger partial charge in [-0.3, -0.25) is 9.69 Å². The molecule has 0 aliphatic carbocycles. The van der Waals surface area contributed by atoms with Crippen molar-refractivity contribution in [3.63, 3.8) is 0 Å². The van der Waals surface area contributed by atoms with Gasteiger partial charge < -0.3 is 10.1 Å². The number of carbonyl (C=O) groups excluding carboxylic acids is 1. The Balaban J connectivity index is 1.56. The summed E-state index contributed by atoms with van der Waals surface area (Å²) in [6, 6.07) is 16.1. The van der Waals surface area contributed by atoms with Gasteiger partial charge in [0.1, 0.15) is 5.82 Å². The Bertz CT molecular complexity index is 702. The summed E-state index contributed by atoms with van der Waals surface area (Å²) in [6.45, 7) is 2.77. The normalized spacial score (nSPS) is 16.8. The molecule has 26 heavy (non-hydrogen) atoms. The zero-order valence-electron chi connectivity index (χ0n) is 14.9. The van der Waals surface area contributed by atoms with E-state index < -0.39 is 0 Å². The fraction of sp³-hybridized carbons (Fsp3) is 0.381. The van der Waals surface area contributed by atoms with E-state index >= 15 is 0 Å². The number of para-hydroxylation sites is 1. The lowest BCUT2D eigenvalue weighted by Crippen LogP contribution is -2.34. The van der Waals surface area contributed by atoms with Gasteiger partial charge in [0.2, 0.25) is 5.91 Å². The van der Waals surface area contributed by atoms with Crippen LogP contribution in [0.5, 0.6) is 0 Å². The van der Waals surface area contributed by atoms with Gasteiger partial charge in [0, 0.05) is 38.3 Å². The number of benzene rings is 2. The third-order valence-corrected chi connectivity index (χ3v) is 4.49. The van der Waals surface area contributed by atoms with Crippen molar-refractivity contribution < 1.29 is 13.9 Å². The number of anilines is 1. The first kappa shape index (κ1) is 18.5. The predicted molar refractivity (Wildman–Crippen MR) is 100 cm³/mol. The fourth-order valence-electron chi connectivity index (χ4n) is 3.21. The van der Waals surface area contributed by atoms with E-state index in [9.17, 15) is 9.18 Å². The van der Waals surface area contributed by atoms with Gasteiger partial charge in [0.05, 0.1) is 6.10 Å². The predicted octanol–water partition coefficient (Wildman–Crippen LogP) is 3.84. The number of hydrogen-bond donors (Lipinski definition) is 1. The van der Waals surface area contributed by atoms with Gasteiger partial charge in [-0.1, -0.05) is 30.3 Å². The number of hydrogen-bond acceptors (Lipinski definition) is 3. The first-order valence-electron chi connectivity index (χ1n) is 9.12. The van der Waals surface area contributed by atoms with Crippen LogP contribution in [0.15, 0.2) is 54.6 Å².